The van der Waals surface area contributed by atoms with E-state index in [9.17, 15) is 22.8 Å². The van der Waals surface area contributed by atoms with Crippen molar-refractivity contribution in [1.82, 2.24) is 14.5 Å². The first-order valence-electron chi connectivity index (χ1n) is 12.4. The van der Waals surface area contributed by atoms with Crippen LogP contribution < -0.4 is 21.8 Å². The van der Waals surface area contributed by atoms with E-state index in [2.05, 4.69) is 25.8 Å². The molecule has 1 aliphatic rings. The van der Waals surface area contributed by atoms with Crippen LogP contribution in [0.5, 0.6) is 0 Å². The van der Waals surface area contributed by atoms with Crippen LogP contribution in [-0.4, -0.2) is 60.7 Å². The minimum atomic E-state index is -5.09. The molecule has 12 heteroatoms. The molecule has 1 saturated heterocycles. The highest BCUT2D eigenvalue weighted by molar-refractivity contribution is 6.99. The maximum atomic E-state index is 13.4. The van der Waals surface area contributed by atoms with Crippen molar-refractivity contribution in [3.05, 3.63) is 83.4 Å². The number of ether oxygens (including phenoxy) is 1. The topological polar surface area (TPSA) is 99.7 Å². The number of nitrogens with zero attached hydrogens (tertiary/aromatic N) is 3. The third-order valence-electron chi connectivity index (χ3n) is 6.74. The molecule has 3 aromatic rings. The Morgan fingerprint density at radius 2 is 1.59 bits per heavy atom. The Balaban J connectivity index is 1.72. The molecule has 8 nitrogen and oxygen atoms in total. The molecule has 0 aliphatic carbocycles. The predicted octanol–water partition coefficient (Wildman–Crippen LogP) is 2.69. The summed E-state index contributed by atoms with van der Waals surface area (Å²) in [5.74, 6) is -2.05. The van der Waals surface area contributed by atoms with Gasteiger partial charge in [-0.25, -0.2) is 4.79 Å². The van der Waals surface area contributed by atoms with E-state index in [0.717, 1.165) is 14.9 Å². The van der Waals surface area contributed by atoms with Crippen molar-refractivity contribution in [3.63, 3.8) is 0 Å². The Hall–Kier alpha value is -3.48. The zero-order valence-electron chi connectivity index (χ0n) is 21.9. The van der Waals surface area contributed by atoms with Crippen molar-refractivity contribution in [1.29, 1.82) is 0 Å². The molecule has 2 aromatic carbocycles. The fourth-order valence-electron chi connectivity index (χ4n) is 5.03. The number of amides is 1. The molecule has 4 rings (SSSR count). The van der Waals surface area contributed by atoms with Crippen molar-refractivity contribution < 1.29 is 27.1 Å². The Bertz CT molecular complexity index is 1310. The number of benzene rings is 2. The second-order valence-corrected chi connectivity index (χ2v) is 14.7. The van der Waals surface area contributed by atoms with Gasteiger partial charge >= 0.3 is 17.8 Å². The van der Waals surface area contributed by atoms with Gasteiger partial charge in [-0.05, 0) is 21.5 Å². The van der Waals surface area contributed by atoms with E-state index in [1.165, 1.54) is 12.3 Å². The summed E-state index contributed by atoms with van der Waals surface area (Å²) in [5, 5.41) is 1.58. The van der Waals surface area contributed by atoms with E-state index in [1.807, 2.05) is 60.7 Å². The molecule has 0 spiro atoms. The van der Waals surface area contributed by atoms with Gasteiger partial charge < -0.3 is 19.8 Å². The van der Waals surface area contributed by atoms with Crippen LogP contribution in [0.1, 0.15) is 27.0 Å². The average molecular weight is 561 g/mol. The number of aromatic nitrogens is 2. The first-order valence-corrected chi connectivity index (χ1v) is 14.3. The monoisotopic (exact) mass is 560 g/mol. The van der Waals surface area contributed by atoms with Gasteiger partial charge in [-0.3, -0.25) is 9.36 Å². The van der Waals surface area contributed by atoms with Crippen molar-refractivity contribution in [2.45, 2.75) is 44.3 Å². The number of rotatable bonds is 6. The maximum Gasteiger partial charge on any atom is 0.471 e. The Labute approximate surface area is 225 Å². The molecule has 1 fully saturated rings. The third kappa shape index (κ3) is 5.92. The van der Waals surface area contributed by atoms with Crippen molar-refractivity contribution in [3.8, 4) is 0 Å². The molecule has 0 radical (unpaired) electrons. The number of nitrogen functional groups attached to an aromatic ring is 1. The highest BCUT2D eigenvalue weighted by atomic mass is 28.4. The summed E-state index contributed by atoms with van der Waals surface area (Å²) in [5.41, 5.74) is 4.77. The molecule has 2 heterocycles. The Morgan fingerprint density at radius 3 is 2.08 bits per heavy atom. The number of nitrogens with two attached hydrogens (primary N) is 1. The zero-order chi connectivity index (χ0) is 28.4. The zero-order valence-corrected chi connectivity index (χ0v) is 22.9. The molecular weight excluding hydrogens is 529 g/mol. The summed E-state index contributed by atoms with van der Waals surface area (Å²) in [4.78, 5) is 29.0. The first kappa shape index (κ1) is 28.5. The number of alkyl halides is 3. The van der Waals surface area contributed by atoms with Crippen LogP contribution in [0, 0.1) is 0 Å². The maximum absolute atomic E-state index is 13.4. The molecule has 1 aromatic heterocycles. The van der Waals surface area contributed by atoms with Gasteiger partial charge in [-0.15, -0.1) is 0 Å². The summed E-state index contributed by atoms with van der Waals surface area (Å²) in [6.07, 6.45) is -5.97. The third-order valence-corrected chi connectivity index (χ3v) is 11.7. The van der Waals surface area contributed by atoms with Crippen LogP contribution in [0.3, 0.4) is 0 Å². The van der Waals surface area contributed by atoms with Gasteiger partial charge in [0.05, 0.1) is 19.3 Å². The molecule has 208 valence electrons. The molecule has 39 heavy (non-hydrogen) atoms. The van der Waals surface area contributed by atoms with Gasteiger partial charge in [-0.2, -0.15) is 18.2 Å². The number of carbonyl (C=O) groups is 1. The summed E-state index contributed by atoms with van der Waals surface area (Å²) in [6, 6.07) is 20.8. The number of morpholine rings is 1. The second-order valence-electron chi connectivity index (χ2n) is 10.4. The normalized spacial score (nSPS) is 18.7. The molecule has 0 bridgehead atoms. The van der Waals surface area contributed by atoms with Crippen molar-refractivity contribution in [2.24, 2.45) is 0 Å². The lowest BCUT2D eigenvalue weighted by Crippen LogP contribution is -2.67. The van der Waals surface area contributed by atoms with Crippen LogP contribution in [0.15, 0.2) is 77.7 Å². The number of hydrogen-bond acceptors (Lipinski definition) is 6. The summed E-state index contributed by atoms with van der Waals surface area (Å²) in [6.45, 7) is 5.26. The van der Waals surface area contributed by atoms with Crippen LogP contribution >= 0.6 is 0 Å². The minimum absolute atomic E-state index is 0.0400. The molecule has 2 atom stereocenters. The van der Waals surface area contributed by atoms with Crippen LogP contribution in [-0.2, 0) is 14.0 Å². The van der Waals surface area contributed by atoms with E-state index in [-0.39, 0.29) is 24.0 Å². The van der Waals surface area contributed by atoms with Gasteiger partial charge in [0.1, 0.15) is 5.82 Å². The van der Waals surface area contributed by atoms with Gasteiger partial charge in [-0.1, -0.05) is 81.4 Å². The first-order chi connectivity index (χ1) is 18.3. The molecular formula is C27H31F3N4O4Si. The van der Waals surface area contributed by atoms with E-state index in [0.29, 0.717) is 4.90 Å². The van der Waals surface area contributed by atoms with Gasteiger partial charge in [0.2, 0.25) is 0 Å². The Kier molecular flexibility index (Phi) is 8.01. The van der Waals surface area contributed by atoms with E-state index >= 15 is 0 Å². The fraction of sp³-hybridized carbons (Fsp3) is 0.370. The van der Waals surface area contributed by atoms with E-state index in [1.54, 1.807) is 0 Å². The molecule has 2 N–H and O–H groups in total. The largest absolute Gasteiger partial charge is 0.471 e. The van der Waals surface area contributed by atoms with Crippen molar-refractivity contribution >= 4 is 30.4 Å². The predicted molar refractivity (Wildman–Crippen MR) is 143 cm³/mol. The Morgan fingerprint density at radius 1 is 1.03 bits per heavy atom. The number of halogens is 3. The lowest BCUT2D eigenvalue weighted by atomic mass is 10.2. The van der Waals surface area contributed by atoms with E-state index < -0.39 is 45.0 Å². The highest BCUT2D eigenvalue weighted by Crippen LogP contribution is 2.37. The van der Waals surface area contributed by atoms with Crippen LogP contribution in [0.25, 0.3) is 0 Å². The number of carbonyl (C=O) groups excluding carboxylic acids is 1. The SMILES string of the molecule is CC(C)(C)[Si](OC[C@@H]1CN(C(=O)C(F)(F)F)C[C@H](n2ccc(N)nc2=O)O1)(c1ccccc1)c1ccccc1. The second kappa shape index (κ2) is 10.9. The van der Waals surface area contributed by atoms with Gasteiger partial charge in [0.15, 0.2) is 6.23 Å². The summed E-state index contributed by atoms with van der Waals surface area (Å²) >= 11 is 0. The van der Waals surface area contributed by atoms with Crippen LogP contribution in [0.2, 0.25) is 5.04 Å². The standard InChI is InChI=1S/C27H31F3N4O4Si/c1-26(2,3)39(20-10-6-4-7-11-20,21-12-8-5-9-13-21)37-18-19-16-33(24(35)27(28,29)30)17-23(38-19)34-15-14-22(31)32-25(34)36/h4-15,19,23H,16-18H2,1-3H3,(H2,31,32,36)/t19-,23+/m0/s1. The summed E-state index contributed by atoms with van der Waals surface area (Å²) in [7, 11) is -3.04. The molecule has 1 aliphatic heterocycles. The quantitative estimate of drug-likeness (QED) is 0.466. The number of hydrogen-bond donors (Lipinski definition) is 1. The number of anilines is 1. The van der Waals surface area contributed by atoms with Crippen LogP contribution in [0.4, 0.5) is 19.0 Å². The van der Waals surface area contributed by atoms with E-state index in [4.69, 9.17) is 14.9 Å². The van der Waals surface area contributed by atoms with Gasteiger partial charge in [0.25, 0.3) is 8.32 Å². The smallest absolute Gasteiger partial charge is 0.405 e. The highest BCUT2D eigenvalue weighted by Gasteiger charge is 2.51. The fourth-order valence-corrected chi connectivity index (χ4v) is 9.62. The lowest BCUT2D eigenvalue weighted by Gasteiger charge is -2.45. The lowest BCUT2D eigenvalue weighted by molar-refractivity contribution is -0.201. The molecule has 1 amide bonds. The summed E-state index contributed by atoms with van der Waals surface area (Å²) < 4.78 is 54.3. The van der Waals surface area contributed by atoms with Gasteiger partial charge in [0, 0.05) is 12.7 Å². The molecule has 0 saturated carbocycles. The molecule has 0 unspecified atom stereocenters. The average Bonchev–Trinajstić information content (AvgIpc) is 2.88. The minimum Gasteiger partial charge on any atom is -0.405 e. The van der Waals surface area contributed by atoms with Crippen molar-refractivity contribution in [2.75, 3.05) is 25.4 Å².